The van der Waals surface area contributed by atoms with E-state index in [9.17, 15) is 4.79 Å². The Morgan fingerprint density at radius 2 is 1.91 bits per heavy atom. The molecule has 2 aromatic rings. The number of H-pyrrole nitrogens is 1. The number of pyridine rings is 1. The van der Waals surface area contributed by atoms with Gasteiger partial charge >= 0.3 is 0 Å². The molecule has 1 aromatic heterocycles. The fourth-order valence-electron chi connectivity index (χ4n) is 7.63. The fraction of sp³-hybridized carbons (Fsp3) is 0.600. The maximum absolute atomic E-state index is 14.5. The smallest absolute Gasteiger partial charge is 0.228 e. The average molecular weight is 475 g/mol. The number of ether oxygens (including phenoxy) is 1. The summed E-state index contributed by atoms with van der Waals surface area (Å²) in [5.41, 5.74) is 4.73. The van der Waals surface area contributed by atoms with Gasteiger partial charge in [0.15, 0.2) is 5.69 Å². The number of hydrogen-bond donors (Lipinski definition) is 1. The fourth-order valence-corrected chi connectivity index (χ4v) is 7.63. The van der Waals surface area contributed by atoms with Crippen molar-refractivity contribution in [2.24, 2.45) is 11.8 Å². The molecule has 2 saturated heterocycles. The van der Waals surface area contributed by atoms with E-state index in [1.807, 2.05) is 0 Å². The Labute approximate surface area is 209 Å². The maximum Gasteiger partial charge on any atom is 0.228 e. The van der Waals surface area contributed by atoms with Gasteiger partial charge in [-0.25, -0.2) is 4.98 Å². The Kier molecular flexibility index (Phi) is 6.40. The minimum atomic E-state index is -0.276. The van der Waals surface area contributed by atoms with E-state index in [0.29, 0.717) is 37.0 Å². The molecule has 1 saturated carbocycles. The van der Waals surface area contributed by atoms with E-state index >= 15 is 0 Å². The third-order valence-corrected chi connectivity index (χ3v) is 9.46. The highest BCUT2D eigenvalue weighted by Crippen LogP contribution is 2.44. The largest absolute Gasteiger partial charge is 0.369 e. The first-order valence-corrected chi connectivity index (χ1v) is 13.8. The lowest BCUT2D eigenvalue weighted by Crippen LogP contribution is -2.56. The van der Waals surface area contributed by atoms with Gasteiger partial charge in [-0.2, -0.15) is 0 Å². The lowest BCUT2D eigenvalue weighted by Gasteiger charge is -2.47. The van der Waals surface area contributed by atoms with Crippen molar-refractivity contribution in [3.05, 3.63) is 65.0 Å². The normalized spacial score (nSPS) is 31.5. The van der Waals surface area contributed by atoms with Crippen LogP contribution in [0.3, 0.4) is 0 Å². The highest BCUT2D eigenvalue weighted by Gasteiger charge is 2.54. The lowest BCUT2D eigenvalue weighted by molar-refractivity contribution is -0.408. The molecule has 1 aliphatic carbocycles. The van der Waals surface area contributed by atoms with Gasteiger partial charge < -0.3 is 15.0 Å². The quantitative estimate of drug-likeness (QED) is 0.727. The number of amides is 1. The van der Waals surface area contributed by atoms with Crippen LogP contribution in [0.5, 0.6) is 0 Å². The first kappa shape index (κ1) is 23.2. The lowest BCUT2D eigenvalue weighted by atomic mass is 9.69. The van der Waals surface area contributed by atoms with Gasteiger partial charge in [0, 0.05) is 44.2 Å². The van der Waals surface area contributed by atoms with Crippen molar-refractivity contribution in [2.45, 2.75) is 75.9 Å². The monoisotopic (exact) mass is 474 g/mol. The van der Waals surface area contributed by atoms with E-state index in [2.05, 4.69) is 64.6 Å². The van der Waals surface area contributed by atoms with Crippen LogP contribution < -0.4 is 10.3 Å². The van der Waals surface area contributed by atoms with E-state index in [-0.39, 0.29) is 11.3 Å². The number of carbonyl (C=O) groups is 1. The molecule has 5 nitrogen and oxygen atoms in total. The number of rotatable bonds is 3. The number of nitrogens with zero attached hydrogens (tertiary/aromatic N) is 1. The number of likely N-dealkylation sites (tertiary alicyclic amines) is 1. The first-order valence-electron chi connectivity index (χ1n) is 13.8. The molecular formula is C30H40N3O2+. The van der Waals surface area contributed by atoms with Crippen LogP contribution in [0.4, 0.5) is 0 Å². The summed E-state index contributed by atoms with van der Waals surface area (Å²) in [4.78, 5) is 20.3. The second kappa shape index (κ2) is 9.67. The van der Waals surface area contributed by atoms with Crippen molar-refractivity contribution in [1.82, 2.24) is 10.2 Å². The number of piperidine rings is 1. The van der Waals surface area contributed by atoms with Gasteiger partial charge in [-0.3, -0.25) is 4.79 Å². The molecule has 3 aliphatic heterocycles. The van der Waals surface area contributed by atoms with Gasteiger partial charge in [0.1, 0.15) is 6.61 Å². The van der Waals surface area contributed by atoms with Gasteiger partial charge in [-0.1, -0.05) is 49.6 Å². The number of nitrogens with one attached hydrogen (secondary N) is 2. The van der Waals surface area contributed by atoms with Gasteiger partial charge in [-0.05, 0) is 49.1 Å². The maximum atomic E-state index is 14.5. The standard InChI is InChI=1S/C30H39N3O2/c1-21-12-13-25-27(32-21)18-35-20-30(25)19-31-17-26(30)29(34)33-15-14-24(22-8-4-2-5-9-22)16-28(33)23-10-6-3-7-11-23/h2,4-5,8-9,12-13,23-24,26,28,31H,3,6-7,10-11,14-20H2,1H3/p+1/t24-,26?,28+,30-/m1/s1. The number of fused-ring (bicyclic) bond motifs is 2. The molecule has 0 bridgehead atoms. The molecule has 5 heteroatoms. The van der Waals surface area contributed by atoms with E-state index in [1.165, 1.54) is 43.2 Å². The molecule has 4 heterocycles. The van der Waals surface area contributed by atoms with Gasteiger partial charge in [0.25, 0.3) is 0 Å². The second-order valence-electron chi connectivity index (χ2n) is 11.5. The highest BCUT2D eigenvalue weighted by atomic mass is 16.5. The average Bonchev–Trinajstić information content (AvgIpc) is 3.32. The Bertz CT molecular complexity index is 1050. The topological polar surface area (TPSA) is 55.7 Å². The van der Waals surface area contributed by atoms with Crippen LogP contribution in [-0.2, 0) is 21.6 Å². The zero-order valence-corrected chi connectivity index (χ0v) is 21.1. The Balaban J connectivity index is 1.30. The predicted octanol–water partition coefficient (Wildman–Crippen LogP) is 4.15. The van der Waals surface area contributed by atoms with Crippen LogP contribution in [-0.4, -0.2) is 43.1 Å². The van der Waals surface area contributed by atoms with Crippen LogP contribution in [0, 0.1) is 18.8 Å². The third kappa shape index (κ3) is 4.21. The number of aromatic nitrogens is 1. The Hall–Kier alpha value is -2.24. The van der Waals surface area contributed by atoms with Crippen molar-refractivity contribution < 1.29 is 14.5 Å². The summed E-state index contributed by atoms with van der Waals surface area (Å²) in [5, 5.41) is 3.60. The summed E-state index contributed by atoms with van der Waals surface area (Å²) in [6.07, 6.45) is 8.67. The molecule has 0 radical (unpaired) electrons. The van der Waals surface area contributed by atoms with Crippen molar-refractivity contribution in [3.63, 3.8) is 0 Å². The van der Waals surface area contributed by atoms with E-state index in [0.717, 1.165) is 43.9 Å². The molecule has 3 fully saturated rings. The highest BCUT2D eigenvalue weighted by molar-refractivity contribution is 5.82. The number of hydrogen-bond acceptors (Lipinski definition) is 3. The minimum Gasteiger partial charge on any atom is -0.369 e. The molecule has 1 unspecified atom stereocenters. The van der Waals surface area contributed by atoms with Gasteiger partial charge in [-0.15, -0.1) is 0 Å². The molecule has 35 heavy (non-hydrogen) atoms. The zero-order valence-electron chi connectivity index (χ0n) is 21.1. The van der Waals surface area contributed by atoms with Crippen molar-refractivity contribution >= 4 is 5.91 Å². The molecule has 186 valence electrons. The molecule has 1 aromatic carbocycles. The van der Waals surface area contributed by atoms with E-state index < -0.39 is 0 Å². The van der Waals surface area contributed by atoms with Gasteiger partial charge in [0.05, 0.1) is 17.9 Å². The SMILES string of the molecule is Cc1ccc2c([nH+]1)COC[C@]21CNCC1C(=O)N1CC[C@@H](c2ccccc2)C[C@H]1C1CCCCC1. The van der Waals surface area contributed by atoms with Crippen molar-refractivity contribution in [3.8, 4) is 0 Å². The molecular weight excluding hydrogens is 434 g/mol. The van der Waals surface area contributed by atoms with Crippen LogP contribution in [0.15, 0.2) is 42.5 Å². The minimum absolute atomic E-state index is 0.0722. The van der Waals surface area contributed by atoms with Crippen LogP contribution in [0.1, 0.15) is 73.4 Å². The number of aromatic amines is 1. The Morgan fingerprint density at radius 3 is 2.74 bits per heavy atom. The summed E-state index contributed by atoms with van der Waals surface area (Å²) in [6.45, 7) is 5.73. The van der Waals surface area contributed by atoms with Crippen LogP contribution in [0.25, 0.3) is 0 Å². The van der Waals surface area contributed by atoms with Crippen molar-refractivity contribution in [2.75, 3.05) is 26.2 Å². The Morgan fingerprint density at radius 1 is 1.09 bits per heavy atom. The second-order valence-corrected chi connectivity index (χ2v) is 11.5. The summed E-state index contributed by atoms with van der Waals surface area (Å²) >= 11 is 0. The summed E-state index contributed by atoms with van der Waals surface area (Å²) in [5.74, 6) is 1.47. The van der Waals surface area contributed by atoms with Crippen LogP contribution >= 0.6 is 0 Å². The summed E-state index contributed by atoms with van der Waals surface area (Å²) < 4.78 is 6.13. The zero-order chi connectivity index (χ0) is 23.8. The molecule has 4 atom stereocenters. The summed E-state index contributed by atoms with van der Waals surface area (Å²) in [7, 11) is 0. The van der Waals surface area contributed by atoms with E-state index in [1.54, 1.807) is 0 Å². The first-order chi connectivity index (χ1) is 17.2. The molecule has 4 aliphatic rings. The summed E-state index contributed by atoms with van der Waals surface area (Å²) in [6, 6.07) is 15.8. The molecule has 2 N–H and O–H groups in total. The molecule has 1 spiro atoms. The van der Waals surface area contributed by atoms with E-state index in [4.69, 9.17) is 4.74 Å². The molecule has 1 amide bonds. The number of carbonyl (C=O) groups excluding carboxylic acids is 1. The van der Waals surface area contributed by atoms with Crippen LogP contribution in [0.2, 0.25) is 0 Å². The third-order valence-electron chi connectivity index (χ3n) is 9.46. The van der Waals surface area contributed by atoms with Gasteiger partial charge in [0.2, 0.25) is 11.6 Å². The number of aryl methyl sites for hydroxylation is 1. The number of benzene rings is 1. The van der Waals surface area contributed by atoms with Crippen molar-refractivity contribution in [1.29, 1.82) is 0 Å². The molecule has 6 rings (SSSR count). The predicted molar refractivity (Wildman–Crippen MR) is 136 cm³/mol.